The SMILES string of the molecule is O=C1C(O)=C(O)C(=O)C(O)=C1O.[Na+]. The van der Waals surface area contributed by atoms with E-state index in [0.29, 0.717) is 0 Å². The van der Waals surface area contributed by atoms with Crippen molar-refractivity contribution in [1.82, 2.24) is 0 Å². The molecule has 0 heterocycles. The summed E-state index contributed by atoms with van der Waals surface area (Å²) in [6.45, 7) is 0. The molecular weight excluding hydrogens is 191 g/mol. The minimum atomic E-state index is -1.38. The Morgan fingerprint density at radius 1 is 0.615 bits per heavy atom. The number of aliphatic hydroxyl groups excluding tert-OH is 4. The maximum absolute atomic E-state index is 10.6. The zero-order valence-corrected chi connectivity index (χ0v) is 8.61. The number of carbonyl (C=O) groups is 2. The summed E-state index contributed by atoms with van der Waals surface area (Å²) in [4.78, 5) is 21.2. The van der Waals surface area contributed by atoms with Crippen molar-refractivity contribution in [3.05, 3.63) is 23.0 Å². The molecule has 7 heteroatoms. The first kappa shape index (κ1) is 12.0. The Kier molecular flexibility index (Phi) is 3.53. The molecule has 0 spiro atoms. The van der Waals surface area contributed by atoms with E-state index in [9.17, 15) is 9.59 Å². The van der Waals surface area contributed by atoms with Gasteiger partial charge in [0.25, 0.3) is 11.6 Å². The van der Waals surface area contributed by atoms with Gasteiger partial charge < -0.3 is 20.4 Å². The first-order chi connectivity index (χ1) is 5.46. The molecule has 0 unspecified atom stereocenters. The van der Waals surface area contributed by atoms with E-state index >= 15 is 0 Å². The number of hydrogen-bond donors (Lipinski definition) is 4. The van der Waals surface area contributed by atoms with E-state index in [1.165, 1.54) is 0 Å². The first-order valence-corrected chi connectivity index (χ1v) is 2.80. The number of Topliss-reactive ketones (excluding diaryl/α,β-unsaturated/α-hetero) is 2. The van der Waals surface area contributed by atoms with Gasteiger partial charge in [0.1, 0.15) is 0 Å². The molecule has 0 aromatic carbocycles. The van der Waals surface area contributed by atoms with E-state index in [4.69, 9.17) is 20.4 Å². The van der Waals surface area contributed by atoms with E-state index in [1.54, 1.807) is 0 Å². The van der Waals surface area contributed by atoms with Crippen molar-refractivity contribution in [3.63, 3.8) is 0 Å². The third-order valence-electron chi connectivity index (χ3n) is 1.31. The number of carbonyl (C=O) groups excluding carboxylic acids is 2. The van der Waals surface area contributed by atoms with Crippen LogP contribution in [0.3, 0.4) is 0 Å². The van der Waals surface area contributed by atoms with E-state index in [2.05, 4.69) is 0 Å². The summed E-state index contributed by atoms with van der Waals surface area (Å²) in [6.07, 6.45) is 0. The molecule has 13 heavy (non-hydrogen) atoms. The molecule has 0 amide bonds. The van der Waals surface area contributed by atoms with Crippen molar-refractivity contribution in [1.29, 1.82) is 0 Å². The number of hydrogen-bond acceptors (Lipinski definition) is 6. The van der Waals surface area contributed by atoms with Crippen LogP contribution in [0.15, 0.2) is 23.0 Å². The molecule has 64 valence electrons. The fraction of sp³-hybridized carbons (Fsp3) is 0. The first-order valence-electron chi connectivity index (χ1n) is 2.80. The molecule has 1 aliphatic rings. The molecule has 1 rings (SSSR count). The van der Waals surface area contributed by atoms with Gasteiger partial charge in [0.2, 0.25) is 23.0 Å². The van der Waals surface area contributed by atoms with Crippen molar-refractivity contribution < 1.29 is 59.6 Å². The Labute approximate surface area is 94.1 Å². The van der Waals surface area contributed by atoms with Gasteiger partial charge >= 0.3 is 29.6 Å². The van der Waals surface area contributed by atoms with Gasteiger partial charge in [-0.3, -0.25) is 9.59 Å². The molecule has 1 aliphatic carbocycles. The molecule has 0 aromatic rings. The summed E-state index contributed by atoms with van der Waals surface area (Å²) >= 11 is 0. The van der Waals surface area contributed by atoms with Crippen molar-refractivity contribution in [3.8, 4) is 0 Å². The van der Waals surface area contributed by atoms with E-state index in [1.807, 2.05) is 0 Å². The standard InChI is InChI=1S/C6H4O6.Na/c7-1-2(8)4(10)6(12)5(11)3(1)9;/h7-8,11-12H;/q;+1. The molecule has 6 nitrogen and oxygen atoms in total. The van der Waals surface area contributed by atoms with Crippen molar-refractivity contribution >= 4 is 11.6 Å². The van der Waals surface area contributed by atoms with Crippen LogP contribution in [0.2, 0.25) is 0 Å². The van der Waals surface area contributed by atoms with Crippen LogP contribution in [-0.2, 0) is 9.59 Å². The largest absolute Gasteiger partial charge is 1.00 e. The second-order valence-electron chi connectivity index (χ2n) is 2.05. The van der Waals surface area contributed by atoms with Gasteiger partial charge in [-0.05, 0) is 0 Å². The molecule has 0 aromatic heterocycles. The average Bonchev–Trinajstić information content (AvgIpc) is 2.08. The Hall–Kier alpha value is -0.980. The molecule has 4 N–H and O–H groups in total. The zero-order chi connectivity index (χ0) is 9.46. The second-order valence-corrected chi connectivity index (χ2v) is 2.05. The van der Waals surface area contributed by atoms with Crippen LogP contribution in [0, 0.1) is 0 Å². The predicted molar refractivity (Wildman–Crippen MR) is 34.6 cm³/mol. The Balaban J connectivity index is 0.00000144. The normalized spacial score (nSPS) is 17.5. The fourth-order valence-corrected chi connectivity index (χ4v) is 0.654. The van der Waals surface area contributed by atoms with Gasteiger partial charge in [-0.1, -0.05) is 0 Å². The molecule has 0 aliphatic heterocycles. The molecule has 0 atom stereocenters. The number of ketones is 2. The van der Waals surface area contributed by atoms with Crippen LogP contribution in [0.25, 0.3) is 0 Å². The van der Waals surface area contributed by atoms with Crippen molar-refractivity contribution in [2.75, 3.05) is 0 Å². The minimum absolute atomic E-state index is 0. The van der Waals surface area contributed by atoms with Gasteiger partial charge in [0.15, 0.2) is 0 Å². The Morgan fingerprint density at radius 2 is 0.769 bits per heavy atom. The van der Waals surface area contributed by atoms with Gasteiger partial charge in [0.05, 0.1) is 0 Å². The van der Waals surface area contributed by atoms with Crippen LogP contribution in [-0.4, -0.2) is 32.0 Å². The summed E-state index contributed by atoms with van der Waals surface area (Å²) in [5.41, 5.74) is 0. The summed E-state index contributed by atoms with van der Waals surface area (Å²) in [7, 11) is 0. The van der Waals surface area contributed by atoms with Crippen LogP contribution in [0.5, 0.6) is 0 Å². The number of aliphatic hydroxyl groups is 4. The quantitative estimate of drug-likeness (QED) is 0.239. The molecule has 0 saturated heterocycles. The molecular formula is C6H4NaO6+. The third kappa shape index (κ3) is 1.69. The van der Waals surface area contributed by atoms with Gasteiger partial charge in [-0.25, -0.2) is 0 Å². The maximum Gasteiger partial charge on any atom is 1.00 e. The summed E-state index contributed by atoms with van der Waals surface area (Å²) in [5, 5.41) is 34.6. The smallest absolute Gasteiger partial charge is 0.501 e. The minimum Gasteiger partial charge on any atom is -0.501 e. The van der Waals surface area contributed by atoms with Crippen LogP contribution < -0.4 is 29.6 Å². The van der Waals surface area contributed by atoms with Crippen molar-refractivity contribution in [2.24, 2.45) is 0 Å². The predicted octanol–water partition coefficient (Wildman–Crippen LogP) is -3.20. The van der Waals surface area contributed by atoms with E-state index in [0.717, 1.165) is 0 Å². The molecule has 0 fully saturated rings. The molecule has 0 bridgehead atoms. The maximum atomic E-state index is 10.6. The summed E-state index contributed by atoms with van der Waals surface area (Å²) in [5.74, 6) is -7.84. The summed E-state index contributed by atoms with van der Waals surface area (Å²) < 4.78 is 0. The van der Waals surface area contributed by atoms with Crippen molar-refractivity contribution in [2.45, 2.75) is 0 Å². The number of rotatable bonds is 0. The zero-order valence-electron chi connectivity index (χ0n) is 6.61. The van der Waals surface area contributed by atoms with Crippen LogP contribution in [0.4, 0.5) is 0 Å². The van der Waals surface area contributed by atoms with Crippen LogP contribution >= 0.6 is 0 Å². The molecule has 0 radical (unpaired) electrons. The monoisotopic (exact) mass is 195 g/mol. The Morgan fingerprint density at radius 3 is 0.923 bits per heavy atom. The van der Waals surface area contributed by atoms with E-state index in [-0.39, 0.29) is 29.6 Å². The molecule has 0 saturated carbocycles. The summed E-state index contributed by atoms with van der Waals surface area (Å²) in [6, 6.07) is 0. The fourth-order valence-electron chi connectivity index (χ4n) is 0.654. The van der Waals surface area contributed by atoms with Gasteiger partial charge in [-0.2, -0.15) is 0 Å². The average molecular weight is 195 g/mol. The van der Waals surface area contributed by atoms with Gasteiger partial charge in [0, 0.05) is 0 Å². The van der Waals surface area contributed by atoms with Crippen LogP contribution in [0.1, 0.15) is 0 Å². The second kappa shape index (κ2) is 3.82. The van der Waals surface area contributed by atoms with Gasteiger partial charge in [-0.15, -0.1) is 0 Å². The Bertz CT molecular complexity index is 277. The third-order valence-corrected chi connectivity index (χ3v) is 1.31. The topological polar surface area (TPSA) is 115 Å². The van der Waals surface area contributed by atoms with E-state index < -0.39 is 34.6 Å².